The first-order valence-electron chi connectivity index (χ1n) is 9.49. The summed E-state index contributed by atoms with van der Waals surface area (Å²) in [4.78, 5) is 16.3. The van der Waals surface area contributed by atoms with Gasteiger partial charge in [-0.1, -0.05) is 17.7 Å². The average molecular weight is 416 g/mol. The highest BCUT2D eigenvalue weighted by Crippen LogP contribution is 2.15. The largest absolute Gasteiger partial charge is 0.484 e. The molecular formula is C21H25N3O4S. The summed E-state index contributed by atoms with van der Waals surface area (Å²) in [7, 11) is -3.72. The molecule has 0 unspecified atom stereocenters. The number of rotatable bonds is 7. The Bertz CT molecular complexity index is 978. The second kappa shape index (κ2) is 9.09. The fourth-order valence-corrected chi connectivity index (χ4v) is 3.82. The zero-order chi connectivity index (χ0) is 20.9. The van der Waals surface area contributed by atoms with Gasteiger partial charge in [-0.3, -0.25) is 4.79 Å². The van der Waals surface area contributed by atoms with Gasteiger partial charge in [-0.25, -0.2) is 0 Å². The van der Waals surface area contributed by atoms with Crippen LogP contribution in [0, 0.1) is 6.92 Å². The van der Waals surface area contributed by atoms with Crippen LogP contribution in [0.5, 0.6) is 5.75 Å². The molecule has 1 saturated heterocycles. The zero-order valence-corrected chi connectivity index (χ0v) is 17.4. The molecule has 0 radical (unpaired) electrons. The number of carbonyl (C=O) groups excluding carboxylic acids is 1. The van der Waals surface area contributed by atoms with Gasteiger partial charge in [-0.05, 0) is 68.7 Å². The molecule has 1 fully saturated rings. The number of ether oxygens (including phenoxy) is 1. The first-order valence-corrected chi connectivity index (χ1v) is 11.0. The predicted molar refractivity (Wildman–Crippen MR) is 111 cm³/mol. The highest BCUT2D eigenvalue weighted by molar-refractivity contribution is 7.89. The number of carbonyl (C=O) groups is 1. The van der Waals surface area contributed by atoms with Crippen molar-refractivity contribution >= 4 is 21.6 Å². The minimum absolute atomic E-state index is 0.00479. The van der Waals surface area contributed by atoms with E-state index in [-0.39, 0.29) is 17.4 Å². The molecule has 3 rings (SSSR count). The maximum Gasteiger partial charge on any atom is 0.276 e. The quantitative estimate of drug-likeness (QED) is 0.556. The molecule has 0 bridgehead atoms. The third kappa shape index (κ3) is 5.57. The highest BCUT2D eigenvalue weighted by Gasteiger charge is 2.18. The predicted octanol–water partition coefficient (Wildman–Crippen LogP) is 2.70. The molecule has 154 valence electrons. The summed E-state index contributed by atoms with van der Waals surface area (Å²) in [6.07, 6.45) is 2.10. The summed E-state index contributed by atoms with van der Waals surface area (Å²) in [6, 6.07) is 13.6. The number of sulfonamides is 1. The molecule has 0 saturated carbocycles. The monoisotopic (exact) mass is 415 g/mol. The van der Waals surface area contributed by atoms with Crippen LogP contribution in [0.1, 0.15) is 30.9 Å². The third-order valence-electron chi connectivity index (χ3n) is 4.76. The van der Waals surface area contributed by atoms with E-state index in [0.717, 1.165) is 37.1 Å². The summed E-state index contributed by atoms with van der Waals surface area (Å²) < 4.78 is 30.2. The summed E-state index contributed by atoms with van der Waals surface area (Å²) in [5.41, 5.74) is 2.24. The number of benzene rings is 2. The lowest BCUT2D eigenvalue weighted by Crippen LogP contribution is -2.32. The van der Waals surface area contributed by atoms with E-state index in [1.165, 1.54) is 12.1 Å². The van der Waals surface area contributed by atoms with Crippen molar-refractivity contribution in [2.45, 2.75) is 31.6 Å². The van der Waals surface area contributed by atoms with Gasteiger partial charge < -0.3 is 9.64 Å². The van der Waals surface area contributed by atoms with Crippen LogP contribution in [0.15, 0.2) is 58.5 Å². The highest BCUT2D eigenvalue weighted by atomic mass is 32.2. The van der Waals surface area contributed by atoms with Crippen LogP contribution >= 0.6 is 0 Å². The second-order valence-corrected chi connectivity index (χ2v) is 8.67. The molecule has 0 atom stereocenters. The van der Waals surface area contributed by atoms with Crippen molar-refractivity contribution in [3.05, 3.63) is 59.7 Å². The molecule has 0 aliphatic carbocycles. The molecule has 8 heteroatoms. The molecular weight excluding hydrogens is 390 g/mol. The van der Waals surface area contributed by atoms with Crippen LogP contribution in [0.25, 0.3) is 0 Å². The lowest BCUT2D eigenvalue weighted by Gasteiger charge is -2.15. The van der Waals surface area contributed by atoms with Gasteiger partial charge in [-0.15, -0.1) is 0 Å². The average Bonchev–Trinajstić information content (AvgIpc) is 3.26. The molecule has 1 aliphatic heterocycles. The fourth-order valence-electron chi connectivity index (χ4n) is 2.96. The molecule has 7 nitrogen and oxygen atoms in total. The maximum atomic E-state index is 12.3. The lowest BCUT2D eigenvalue weighted by atomic mass is 10.1. The number of nitrogens with zero attached hydrogens (tertiary/aromatic N) is 2. The van der Waals surface area contributed by atoms with Gasteiger partial charge in [0.15, 0.2) is 6.61 Å². The number of amides is 1. The Morgan fingerprint density at radius 3 is 2.31 bits per heavy atom. The normalized spacial score (nSPS) is 14.7. The molecule has 0 spiro atoms. The number of aryl methyl sites for hydroxylation is 1. The smallest absolute Gasteiger partial charge is 0.276 e. The van der Waals surface area contributed by atoms with E-state index in [2.05, 4.69) is 9.93 Å². The van der Waals surface area contributed by atoms with Gasteiger partial charge in [0.2, 0.25) is 0 Å². The molecule has 0 aromatic heterocycles. The summed E-state index contributed by atoms with van der Waals surface area (Å²) in [5.74, 6) is 0.573. The van der Waals surface area contributed by atoms with Crippen LogP contribution in [0.4, 0.5) is 0 Å². The number of hydrogen-bond donors (Lipinski definition) is 1. The van der Waals surface area contributed by atoms with Gasteiger partial charge in [0.1, 0.15) is 5.75 Å². The van der Waals surface area contributed by atoms with Crippen molar-refractivity contribution in [2.24, 2.45) is 5.10 Å². The van der Waals surface area contributed by atoms with Gasteiger partial charge in [0, 0.05) is 13.1 Å². The van der Waals surface area contributed by atoms with E-state index in [4.69, 9.17) is 4.74 Å². The van der Waals surface area contributed by atoms with Gasteiger partial charge >= 0.3 is 0 Å². The number of hydrazone groups is 1. The van der Waals surface area contributed by atoms with E-state index in [1.807, 2.05) is 11.8 Å². The van der Waals surface area contributed by atoms with E-state index in [1.54, 1.807) is 43.3 Å². The first kappa shape index (κ1) is 20.9. The number of hydrogen-bond acceptors (Lipinski definition) is 5. The summed E-state index contributed by atoms with van der Waals surface area (Å²) >= 11 is 0. The lowest BCUT2D eigenvalue weighted by molar-refractivity contribution is -0.132. The third-order valence-corrected chi connectivity index (χ3v) is 5.98. The van der Waals surface area contributed by atoms with Crippen LogP contribution < -0.4 is 9.57 Å². The van der Waals surface area contributed by atoms with E-state index in [0.29, 0.717) is 11.5 Å². The van der Waals surface area contributed by atoms with Gasteiger partial charge in [0.25, 0.3) is 15.9 Å². The zero-order valence-electron chi connectivity index (χ0n) is 16.6. The fraction of sp³-hybridized carbons (Fsp3) is 0.333. The van der Waals surface area contributed by atoms with Crippen molar-refractivity contribution in [3.63, 3.8) is 0 Å². The topological polar surface area (TPSA) is 88.1 Å². The molecule has 2 aromatic carbocycles. The van der Waals surface area contributed by atoms with Crippen LogP contribution in [0.2, 0.25) is 0 Å². The Labute approximate surface area is 171 Å². The van der Waals surface area contributed by atoms with Crippen molar-refractivity contribution in [2.75, 3.05) is 19.7 Å². The molecule has 1 N–H and O–H groups in total. The van der Waals surface area contributed by atoms with Gasteiger partial charge in [0.05, 0.1) is 10.6 Å². The minimum Gasteiger partial charge on any atom is -0.484 e. The van der Waals surface area contributed by atoms with Crippen LogP contribution in [-0.2, 0) is 14.8 Å². The molecule has 2 aromatic rings. The van der Waals surface area contributed by atoms with Crippen molar-refractivity contribution in [1.82, 2.24) is 9.73 Å². The Morgan fingerprint density at radius 1 is 1.07 bits per heavy atom. The molecule has 1 heterocycles. The molecule has 1 amide bonds. The Kier molecular flexibility index (Phi) is 6.53. The van der Waals surface area contributed by atoms with Crippen molar-refractivity contribution in [3.8, 4) is 5.75 Å². The molecule has 29 heavy (non-hydrogen) atoms. The minimum atomic E-state index is -3.72. The number of likely N-dealkylation sites (tertiary alicyclic amines) is 1. The van der Waals surface area contributed by atoms with E-state index in [9.17, 15) is 13.2 Å². The Balaban J connectivity index is 1.58. The summed E-state index contributed by atoms with van der Waals surface area (Å²) in [6.45, 7) is 5.22. The van der Waals surface area contributed by atoms with Crippen molar-refractivity contribution < 1.29 is 17.9 Å². The summed E-state index contributed by atoms with van der Waals surface area (Å²) in [5, 5.41) is 4.00. The van der Waals surface area contributed by atoms with Crippen LogP contribution in [-0.4, -0.2) is 44.6 Å². The van der Waals surface area contributed by atoms with E-state index >= 15 is 0 Å². The number of nitrogens with one attached hydrogen (secondary N) is 1. The van der Waals surface area contributed by atoms with Crippen LogP contribution in [0.3, 0.4) is 0 Å². The Morgan fingerprint density at radius 2 is 1.69 bits per heavy atom. The second-order valence-electron chi connectivity index (χ2n) is 7.01. The van der Waals surface area contributed by atoms with Crippen molar-refractivity contribution in [1.29, 1.82) is 0 Å². The maximum absolute atomic E-state index is 12.3. The Hall–Kier alpha value is -2.87. The standard InChI is InChI=1S/C21H25N3O4S/c1-16-5-11-20(12-6-16)29(26,27)23-22-17(2)18-7-9-19(10-8-18)28-15-21(25)24-13-3-4-14-24/h5-12,23H,3-4,13-15H2,1-2H3/b22-17-. The first-order chi connectivity index (χ1) is 13.8. The van der Waals surface area contributed by atoms with Gasteiger partial charge in [-0.2, -0.15) is 18.4 Å². The SMILES string of the molecule is C/C(=N/NS(=O)(=O)c1ccc(C)cc1)c1ccc(OCC(=O)N2CCCC2)cc1. The molecule has 1 aliphatic rings. The van der Waals surface area contributed by atoms with E-state index < -0.39 is 10.0 Å².